The lowest BCUT2D eigenvalue weighted by Crippen LogP contribution is -2.42. The van der Waals surface area contributed by atoms with Crippen molar-refractivity contribution in [2.24, 2.45) is 0 Å². The van der Waals surface area contributed by atoms with E-state index in [-0.39, 0.29) is 55.4 Å². The number of aromatic amines is 1. The molecule has 1 aliphatic heterocycles. The molecule has 0 saturated carbocycles. The molecule has 0 radical (unpaired) electrons. The number of anilines is 1. The topological polar surface area (TPSA) is 194 Å². The van der Waals surface area contributed by atoms with Crippen LogP contribution in [0.5, 0.6) is 17.2 Å². The second-order valence-corrected chi connectivity index (χ2v) is 18.9. The Kier molecular flexibility index (Phi) is 17.4. The average Bonchev–Trinajstić information content (AvgIpc) is 3.95. The highest BCUT2D eigenvalue weighted by molar-refractivity contribution is 7.44. The first kappa shape index (κ1) is 51.6. The van der Waals surface area contributed by atoms with E-state index in [1.165, 1.54) is 6.33 Å². The van der Waals surface area contributed by atoms with Crippen LogP contribution in [0.4, 0.5) is 5.95 Å². The van der Waals surface area contributed by atoms with Gasteiger partial charge in [-0.25, -0.2) is 9.65 Å². The van der Waals surface area contributed by atoms with Gasteiger partial charge < -0.3 is 37.5 Å². The Bertz CT molecular complexity index is 2670. The minimum Gasteiger partial charge on any atom is -0.497 e. The van der Waals surface area contributed by atoms with Gasteiger partial charge >= 0.3 is 0 Å². The molecule has 6 aromatic rings. The van der Waals surface area contributed by atoms with Crippen LogP contribution in [0.15, 0.2) is 114 Å². The van der Waals surface area contributed by atoms with Crippen molar-refractivity contribution in [3.05, 3.63) is 142 Å². The zero-order valence-electron chi connectivity index (χ0n) is 41.0. The summed E-state index contributed by atoms with van der Waals surface area (Å²) in [5.74, 6) is 1.55. The summed E-state index contributed by atoms with van der Waals surface area (Å²) in [5, 5.41) is 12.2. The van der Waals surface area contributed by atoms with Gasteiger partial charge in [-0.3, -0.25) is 24.5 Å². The van der Waals surface area contributed by atoms with Crippen molar-refractivity contribution in [2.45, 2.75) is 96.1 Å². The number of imidazole rings is 1. The first-order chi connectivity index (χ1) is 33.8. The van der Waals surface area contributed by atoms with Crippen molar-refractivity contribution in [3.8, 4) is 23.3 Å². The molecule has 0 bridgehead atoms. The number of carbonyl (C=O) groups excluding carboxylic acids is 1. The number of nitrogens with zero attached hydrogens (tertiary/aromatic N) is 5. The van der Waals surface area contributed by atoms with Gasteiger partial charge in [0.2, 0.25) is 5.95 Å². The van der Waals surface area contributed by atoms with E-state index in [0.29, 0.717) is 23.2 Å². The van der Waals surface area contributed by atoms with Crippen LogP contribution in [0.1, 0.15) is 82.4 Å². The van der Waals surface area contributed by atoms with Gasteiger partial charge in [0.15, 0.2) is 24.0 Å². The maximum absolute atomic E-state index is 13.6. The molecule has 370 valence electrons. The molecule has 1 fully saturated rings. The Morgan fingerprint density at radius 3 is 2.01 bits per heavy atom. The fourth-order valence-electron chi connectivity index (χ4n) is 8.56. The number of benzene rings is 4. The van der Waals surface area contributed by atoms with Gasteiger partial charge in [-0.2, -0.15) is 10.2 Å². The molecule has 3 heterocycles. The standard InChI is InChI=1S/C52H62N7O10P/c1-33(2)36-16-22-42(23-17-36)65-31-44(60)55-51-56-48-45(49(61)57-51)54-32-58(48)50-47(64-9)46(69-70(67-29-13-28-53)59(34(3)4)35(5)6)43(68-50)30-66-52(37-14-11-10-12-15-37,38-18-24-40(62-7)25-19-38)39-20-26-41(63-8)27-21-39/h10-12,14-27,32-35,43,46-47,50H,13,29-31H2,1-9H3,(H2,55,56,57,60,61)/t43-,46-,47-,50-,70?/m1/s1. The van der Waals surface area contributed by atoms with Crippen LogP contribution in [0.25, 0.3) is 11.2 Å². The highest BCUT2D eigenvalue weighted by Crippen LogP contribution is 2.51. The molecule has 17 nitrogen and oxygen atoms in total. The molecule has 70 heavy (non-hydrogen) atoms. The molecular formula is C52H62N7O10P. The summed E-state index contributed by atoms with van der Waals surface area (Å²) < 4.78 is 54.9. The van der Waals surface area contributed by atoms with Crippen LogP contribution in [0.3, 0.4) is 0 Å². The van der Waals surface area contributed by atoms with E-state index in [2.05, 4.69) is 72.6 Å². The average molecular weight is 976 g/mol. The molecule has 2 aromatic heterocycles. The minimum atomic E-state index is -1.84. The predicted octanol–water partition coefficient (Wildman–Crippen LogP) is 8.86. The smallest absolute Gasteiger partial charge is 0.280 e. The molecule has 5 atom stereocenters. The van der Waals surface area contributed by atoms with Crippen molar-refractivity contribution >= 4 is 31.5 Å². The van der Waals surface area contributed by atoms with E-state index in [9.17, 15) is 14.9 Å². The summed E-state index contributed by atoms with van der Waals surface area (Å²) in [6, 6.07) is 35.0. The number of nitrogens with one attached hydrogen (secondary N) is 2. The van der Waals surface area contributed by atoms with Crippen LogP contribution >= 0.6 is 8.53 Å². The molecule has 2 N–H and O–H groups in total. The largest absolute Gasteiger partial charge is 0.497 e. The van der Waals surface area contributed by atoms with Crippen LogP contribution in [-0.2, 0) is 33.7 Å². The summed E-state index contributed by atoms with van der Waals surface area (Å²) in [6.07, 6.45) is -2.03. The molecule has 1 amide bonds. The van der Waals surface area contributed by atoms with Crippen LogP contribution in [0, 0.1) is 11.3 Å². The second kappa shape index (κ2) is 23.6. The third-order valence-corrected chi connectivity index (χ3v) is 14.1. The third-order valence-electron chi connectivity index (χ3n) is 12.0. The monoisotopic (exact) mass is 975 g/mol. The lowest BCUT2D eigenvalue weighted by atomic mass is 9.80. The van der Waals surface area contributed by atoms with E-state index in [1.807, 2.05) is 91.0 Å². The van der Waals surface area contributed by atoms with E-state index >= 15 is 0 Å². The fourth-order valence-corrected chi connectivity index (χ4v) is 10.3. The minimum absolute atomic E-state index is 0.00472. The molecule has 4 aromatic carbocycles. The number of methoxy groups -OCH3 is 3. The highest BCUT2D eigenvalue weighted by atomic mass is 31.2. The van der Waals surface area contributed by atoms with Gasteiger partial charge in [0.1, 0.15) is 41.2 Å². The van der Waals surface area contributed by atoms with Crippen molar-refractivity contribution in [2.75, 3.05) is 46.5 Å². The van der Waals surface area contributed by atoms with Crippen molar-refractivity contribution < 1.29 is 42.3 Å². The SMILES string of the molecule is COc1ccc(C(OC[C@H]2O[C@@H](n3cnc4c(=O)[nH]c(NC(=O)COc5ccc(C(C)C)cc5)nc43)[C@H](OC)[C@@H]2OP(OCCC#N)N(C(C)C)C(C)C)(c2ccccc2)c2ccc(OC)cc2)cc1. The van der Waals surface area contributed by atoms with Gasteiger partial charge in [0.25, 0.3) is 20.0 Å². The van der Waals surface area contributed by atoms with Crippen LogP contribution in [0.2, 0.25) is 0 Å². The van der Waals surface area contributed by atoms with Gasteiger partial charge in [-0.05, 0) is 92.3 Å². The molecule has 0 aliphatic carbocycles. The van der Waals surface area contributed by atoms with Gasteiger partial charge in [-0.1, -0.05) is 80.6 Å². The lowest BCUT2D eigenvalue weighted by molar-refractivity contribution is -0.118. The van der Waals surface area contributed by atoms with E-state index in [0.717, 1.165) is 22.3 Å². The summed E-state index contributed by atoms with van der Waals surface area (Å²) in [4.78, 5) is 38.5. The van der Waals surface area contributed by atoms with Crippen molar-refractivity contribution in [1.29, 1.82) is 5.26 Å². The predicted molar refractivity (Wildman–Crippen MR) is 266 cm³/mol. The number of ether oxygens (including phenoxy) is 6. The van der Waals surface area contributed by atoms with Gasteiger partial charge in [-0.15, -0.1) is 0 Å². The molecule has 18 heteroatoms. The number of carbonyl (C=O) groups is 1. The summed E-state index contributed by atoms with van der Waals surface area (Å²) in [6.45, 7) is 12.1. The maximum Gasteiger partial charge on any atom is 0.280 e. The Morgan fingerprint density at radius 1 is 0.857 bits per heavy atom. The summed E-state index contributed by atoms with van der Waals surface area (Å²) >= 11 is 0. The van der Waals surface area contributed by atoms with E-state index in [1.54, 1.807) is 38.0 Å². The number of hydrogen-bond acceptors (Lipinski definition) is 14. The Hall–Kier alpha value is -6.22. The number of hydrogen-bond donors (Lipinski definition) is 2. The molecular weight excluding hydrogens is 914 g/mol. The summed E-state index contributed by atoms with van der Waals surface area (Å²) in [7, 11) is 2.95. The van der Waals surface area contributed by atoms with E-state index in [4.69, 9.17) is 37.5 Å². The molecule has 1 aliphatic rings. The number of rotatable bonds is 23. The second-order valence-electron chi connectivity index (χ2n) is 17.5. The lowest BCUT2D eigenvalue weighted by Gasteiger charge is -2.39. The molecule has 1 saturated heterocycles. The number of aromatic nitrogens is 4. The van der Waals surface area contributed by atoms with Gasteiger partial charge in [0.05, 0.1) is 46.3 Å². The van der Waals surface area contributed by atoms with Crippen molar-refractivity contribution in [3.63, 3.8) is 0 Å². The van der Waals surface area contributed by atoms with Crippen LogP contribution in [-0.4, -0.2) is 102 Å². The molecule has 7 rings (SSSR count). The maximum atomic E-state index is 13.6. The highest BCUT2D eigenvalue weighted by Gasteiger charge is 2.51. The summed E-state index contributed by atoms with van der Waals surface area (Å²) in [5.41, 5.74) is 1.89. The first-order valence-electron chi connectivity index (χ1n) is 23.2. The third kappa shape index (κ3) is 11.5. The zero-order chi connectivity index (χ0) is 50.0. The quantitative estimate of drug-likeness (QED) is 0.0351. The van der Waals surface area contributed by atoms with E-state index < -0.39 is 50.1 Å². The molecule has 0 spiro atoms. The Labute approximate surface area is 409 Å². The number of H-pyrrole nitrogens is 1. The number of nitriles is 1. The van der Waals surface area contributed by atoms with Crippen molar-refractivity contribution in [1.82, 2.24) is 24.2 Å². The Balaban J connectivity index is 1.29. The Morgan fingerprint density at radius 2 is 1.46 bits per heavy atom. The number of fused-ring (bicyclic) bond motifs is 1. The van der Waals surface area contributed by atoms with Crippen LogP contribution < -0.4 is 25.1 Å². The molecule has 1 unspecified atom stereocenters. The fraction of sp³-hybridized carbons (Fsp3) is 0.404. The number of amides is 1. The normalized spacial score (nSPS) is 17.6. The first-order valence-corrected chi connectivity index (χ1v) is 24.4. The van der Waals surface area contributed by atoms with Gasteiger partial charge in [0, 0.05) is 19.2 Å². The zero-order valence-corrected chi connectivity index (χ0v) is 41.9.